The van der Waals surface area contributed by atoms with Gasteiger partial charge in [0.05, 0.1) is 6.07 Å². The van der Waals surface area contributed by atoms with Crippen LogP contribution in [0.5, 0.6) is 0 Å². The van der Waals surface area contributed by atoms with E-state index in [1.165, 1.54) is 0 Å². The van der Waals surface area contributed by atoms with E-state index in [1.54, 1.807) is 18.2 Å². The molecule has 0 fully saturated rings. The lowest BCUT2D eigenvalue weighted by molar-refractivity contribution is 0.570. The molecule has 0 aliphatic heterocycles. The molecule has 2 rings (SSSR count). The highest BCUT2D eigenvalue weighted by atomic mass is 32.1. The first-order chi connectivity index (χ1) is 10.6. The van der Waals surface area contributed by atoms with Crippen LogP contribution in [0.2, 0.25) is 0 Å². The first-order valence-electron chi connectivity index (χ1n) is 6.52. The van der Waals surface area contributed by atoms with E-state index in [1.807, 2.05) is 36.4 Å². The van der Waals surface area contributed by atoms with Gasteiger partial charge in [0.2, 0.25) is 0 Å². The normalized spacial score (nSPS) is 9.05. The molecule has 0 aliphatic carbocycles. The fraction of sp³-hybridized carbons (Fsp3) is 0.118. The molecule has 0 bridgehead atoms. The highest BCUT2D eigenvalue weighted by molar-refractivity contribution is 7.80. The van der Waals surface area contributed by atoms with Crippen molar-refractivity contribution in [1.29, 1.82) is 5.26 Å². The highest BCUT2D eigenvalue weighted by Gasteiger charge is 2.04. The molecule has 0 aromatic heterocycles. The van der Waals surface area contributed by atoms with Crippen LogP contribution in [0.25, 0.3) is 0 Å². The van der Waals surface area contributed by atoms with Crippen molar-refractivity contribution in [3.63, 3.8) is 0 Å². The molecule has 0 heterocycles. The molecule has 0 saturated heterocycles. The topological polar surface area (TPSA) is 64.2 Å². The van der Waals surface area contributed by atoms with Crippen molar-refractivity contribution in [2.24, 2.45) is 0 Å². The van der Waals surface area contributed by atoms with E-state index in [-0.39, 0.29) is 10.1 Å². The van der Waals surface area contributed by atoms with E-state index in [2.05, 4.69) is 30.5 Å². The SMILES string of the molecule is N#CCCc1ccccc1C(O)=S.OC(=S)c1ccccc1. The lowest BCUT2D eigenvalue weighted by Crippen LogP contribution is -2.00. The minimum absolute atomic E-state index is 0.0457. The van der Waals surface area contributed by atoms with Crippen molar-refractivity contribution in [2.45, 2.75) is 12.8 Å². The quantitative estimate of drug-likeness (QED) is 0.819. The summed E-state index contributed by atoms with van der Waals surface area (Å²) in [7, 11) is 0. The Morgan fingerprint density at radius 3 is 2.00 bits per heavy atom. The second-order valence-corrected chi connectivity index (χ2v) is 5.06. The van der Waals surface area contributed by atoms with Gasteiger partial charge in [-0.2, -0.15) is 5.26 Å². The Kier molecular flexibility index (Phi) is 7.76. The third kappa shape index (κ3) is 6.00. The van der Waals surface area contributed by atoms with Crippen LogP contribution in [0.4, 0.5) is 0 Å². The summed E-state index contributed by atoms with van der Waals surface area (Å²) < 4.78 is 0. The van der Waals surface area contributed by atoms with Crippen molar-refractivity contribution >= 4 is 34.5 Å². The van der Waals surface area contributed by atoms with Gasteiger partial charge >= 0.3 is 0 Å². The standard InChI is InChI=1S/C10H9NOS.C7H6OS/c11-7-3-5-8-4-1-2-6-9(8)10(12)13;8-7(9)6-4-2-1-3-5-6/h1-2,4,6H,3,5H2,(H,12,13);1-5H,(H,8,9). The molecule has 2 aromatic rings. The van der Waals surface area contributed by atoms with E-state index in [9.17, 15) is 0 Å². The maximum Gasteiger partial charge on any atom is 0.188 e. The molecular weight excluding hydrogens is 314 g/mol. The second-order valence-electron chi connectivity index (χ2n) is 4.29. The first-order valence-corrected chi connectivity index (χ1v) is 7.34. The lowest BCUT2D eigenvalue weighted by Gasteiger charge is -2.03. The molecule has 0 spiro atoms. The Balaban J connectivity index is 0.000000235. The summed E-state index contributed by atoms with van der Waals surface area (Å²) in [5, 5.41) is 26.2. The maximum atomic E-state index is 9.15. The molecule has 0 unspecified atom stereocenters. The number of hydrogen-bond acceptors (Lipinski definition) is 3. The summed E-state index contributed by atoms with van der Waals surface area (Å²) in [5.74, 6) is 0. The average Bonchev–Trinajstić information content (AvgIpc) is 2.54. The van der Waals surface area contributed by atoms with Crippen molar-refractivity contribution in [2.75, 3.05) is 0 Å². The van der Waals surface area contributed by atoms with Crippen molar-refractivity contribution in [3.05, 3.63) is 71.3 Å². The Hall–Kier alpha value is -2.29. The van der Waals surface area contributed by atoms with Gasteiger partial charge in [-0.05, 0) is 36.4 Å². The van der Waals surface area contributed by atoms with E-state index < -0.39 is 0 Å². The van der Waals surface area contributed by atoms with E-state index >= 15 is 0 Å². The minimum atomic E-state index is -0.103. The average molecular weight is 329 g/mol. The van der Waals surface area contributed by atoms with Crippen LogP contribution in [0.1, 0.15) is 23.1 Å². The van der Waals surface area contributed by atoms with Crippen LogP contribution >= 0.6 is 24.4 Å². The molecule has 112 valence electrons. The number of thiocarbonyl (C=S) groups is 2. The number of nitrogens with zero attached hydrogens (tertiary/aromatic N) is 1. The maximum absolute atomic E-state index is 9.15. The summed E-state index contributed by atoms with van der Waals surface area (Å²) in [4.78, 5) is 0. The third-order valence-electron chi connectivity index (χ3n) is 2.77. The van der Waals surface area contributed by atoms with Crippen LogP contribution in [0, 0.1) is 11.3 Å². The Morgan fingerprint density at radius 1 is 0.909 bits per heavy atom. The van der Waals surface area contributed by atoms with Gasteiger partial charge in [-0.3, -0.25) is 0 Å². The summed E-state index contributed by atoms with van der Waals surface area (Å²) in [6, 6.07) is 18.4. The number of aliphatic hydroxyl groups is 2. The van der Waals surface area contributed by atoms with Crippen molar-refractivity contribution in [3.8, 4) is 6.07 Å². The van der Waals surface area contributed by atoms with Crippen LogP contribution in [-0.2, 0) is 6.42 Å². The summed E-state index contributed by atoms with van der Waals surface area (Å²) in [5.41, 5.74) is 2.29. The molecule has 0 atom stereocenters. The summed E-state index contributed by atoms with van der Waals surface area (Å²) >= 11 is 9.19. The van der Waals surface area contributed by atoms with Gasteiger partial charge in [-0.25, -0.2) is 0 Å². The van der Waals surface area contributed by atoms with Gasteiger partial charge in [0.15, 0.2) is 10.1 Å². The number of nitriles is 1. The number of aryl methyl sites for hydroxylation is 1. The highest BCUT2D eigenvalue weighted by Crippen LogP contribution is 2.11. The Bertz CT molecular complexity index is 679. The zero-order valence-corrected chi connectivity index (χ0v) is 13.4. The lowest BCUT2D eigenvalue weighted by atomic mass is 10.0. The molecule has 0 radical (unpaired) electrons. The largest absolute Gasteiger partial charge is 0.499 e. The second kappa shape index (κ2) is 9.61. The van der Waals surface area contributed by atoms with Gasteiger partial charge in [0.1, 0.15) is 0 Å². The van der Waals surface area contributed by atoms with Gasteiger partial charge in [0.25, 0.3) is 0 Å². The van der Waals surface area contributed by atoms with Crippen molar-refractivity contribution < 1.29 is 10.2 Å². The number of hydrogen-bond donors (Lipinski definition) is 2. The molecule has 5 heteroatoms. The van der Waals surface area contributed by atoms with Crippen LogP contribution in [-0.4, -0.2) is 20.3 Å². The Labute approximate surface area is 140 Å². The third-order valence-corrected chi connectivity index (χ3v) is 3.23. The molecule has 2 aromatic carbocycles. The fourth-order valence-corrected chi connectivity index (χ4v) is 2.05. The van der Waals surface area contributed by atoms with E-state index in [0.717, 1.165) is 5.56 Å². The zero-order chi connectivity index (χ0) is 16.4. The predicted octanol–water partition coefficient (Wildman–Crippen LogP) is 4.30. The van der Waals surface area contributed by atoms with Gasteiger partial charge in [-0.1, -0.05) is 54.6 Å². The minimum Gasteiger partial charge on any atom is -0.499 e. The fourth-order valence-electron chi connectivity index (χ4n) is 1.72. The molecule has 0 saturated carbocycles. The van der Waals surface area contributed by atoms with Crippen LogP contribution in [0.3, 0.4) is 0 Å². The van der Waals surface area contributed by atoms with Crippen LogP contribution in [0.15, 0.2) is 54.6 Å². The molecular formula is C17H15NO2S2. The molecule has 2 N–H and O–H groups in total. The molecule has 0 aliphatic rings. The number of rotatable bonds is 4. The smallest absolute Gasteiger partial charge is 0.188 e. The first kappa shape index (κ1) is 17.8. The summed E-state index contributed by atoms with van der Waals surface area (Å²) in [6.07, 6.45) is 1.08. The van der Waals surface area contributed by atoms with Gasteiger partial charge in [-0.15, -0.1) is 0 Å². The van der Waals surface area contributed by atoms with E-state index in [0.29, 0.717) is 24.0 Å². The van der Waals surface area contributed by atoms with Crippen LogP contribution < -0.4 is 0 Å². The number of aliphatic hydroxyl groups excluding tert-OH is 2. The molecule has 22 heavy (non-hydrogen) atoms. The Morgan fingerprint density at radius 2 is 1.50 bits per heavy atom. The predicted molar refractivity (Wildman–Crippen MR) is 95.5 cm³/mol. The van der Waals surface area contributed by atoms with Crippen molar-refractivity contribution in [1.82, 2.24) is 0 Å². The number of benzene rings is 2. The van der Waals surface area contributed by atoms with Gasteiger partial charge < -0.3 is 10.2 Å². The monoisotopic (exact) mass is 329 g/mol. The zero-order valence-electron chi connectivity index (χ0n) is 11.8. The molecule has 0 amide bonds. The summed E-state index contributed by atoms with van der Waals surface area (Å²) in [6.45, 7) is 0. The van der Waals surface area contributed by atoms with E-state index in [4.69, 9.17) is 15.5 Å². The molecule has 3 nitrogen and oxygen atoms in total. The van der Waals surface area contributed by atoms with Gasteiger partial charge in [0, 0.05) is 17.5 Å².